The van der Waals surface area contributed by atoms with E-state index in [4.69, 9.17) is 65.7 Å². The van der Waals surface area contributed by atoms with E-state index in [1.165, 1.54) is 0 Å². The minimum Gasteiger partial charge on any atom is -0.493 e. The van der Waals surface area contributed by atoms with Crippen molar-refractivity contribution in [2.24, 2.45) is 23.7 Å². The minimum absolute atomic E-state index is 0. The number of ether oxygens (including phenoxy) is 3. The Hall–Kier alpha value is -2.54. The Bertz CT molecular complexity index is 1590. The molecule has 0 heterocycles. The fourth-order valence-corrected chi connectivity index (χ4v) is 8.60. The summed E-state index contributed by atoms with van der Waals surface area (Å²) in [6.07, 6.45) is 12.9. The van der Waals surface area contributed by atoms with Gasteiger partial charge in [-0.05, 0) is 125 Å². The number of aliphatic hydroxyl groups excluding tert-OH is 4. The number of rotatable bonds is 21. The lowest BCUT2D eigenvalue weighted by Crippen LogP contribution is -2.27. The van der Waals surface area contributed by atoms with Crippen LogP contribution < -0.4 is 9.47 Å². The first-order valence-electron chi connectivity index (χ1n) is 19.6. The van der Waals surface area contributed by atoms with Crippen LogP contribution in [0.25, 0.3) is 0 Å². The number of alkyl halides is 2. The van der Waals surface area contributed by atoms with Crippen LogP contribution in [-0.2, 0) is 27.5 Å². The molecule has 2 fully saturated rings. The Morgan fingerprint density at radius 2 is 1.14 bits per heavy atom. The van der Waals surface area contributed by atoms with Crippen molar-refractivity contribution < 1.29 is 49.3 Å². The van der Waals surface area contributed by atoms with Gasteiger partial charge in [-0.25, -0.2) is 0 Å². The molecule has 0 aromatic heterocycles. The number of aliphatic carboxylic acids is 1. The summed E-state index contributed by atoms with van der Waals surface area (Å²) < 4.78 is 16.8. The number of carboxylic acids is 1. The Morgan fingerprint density at radius 3 is 1.53 bits per heavy atom. The standard InChI is InChI=1S/C23H32Cl2O5.C20H26Cl2O5.CH4/c1-15(2)30-23(28)8-6-4-3-5-7-19-20(22(27)12-21(19)25)14-29-18-10-16(13-26)9-17(24)11-18;21-14-7-13(11-23)8-15(9-14)27-12-17-16(18(22)10-19(17)24)5-3-1-2-4-6-20(25)26;/h3,5,9-11,15,19-22,26-27H,4,6-8,12-14H2,1-2H3;1,3,7-9,16-19,23-24H,2,4-6,10-12H2,(H,25,26);1H4/b5-3-;3-1-;/t19-,20-,21-,22-;16-,17-,18-,19-;/m11./s1. The van der Waals surface area contributed by atoms with Crippen molar-refractivity contribution in [1.82, 2.24) is 0 Å². The number of unbranched alkanes of at least 4 members (excludes halogenated alkanes) is 2. The Morgan fingerprint density at radius 1 is 0.707 bits per heavy atom. The number of carbonyl (C=O) groups excluding carboxylic acids is 1. The van der Waals surface area contributed by atoms with Gasteiger partial charge in [-0.2, -0.15) is 0 Å². The summed E-state index contributed by atoms with van der Waals surface area (Å²) in [5.74, 6) is 0.155. The van der Waals surface area contributed by atoms with Gasteiger partial charge >= 0.3 is 11.9 Å². The molecule has 2 aromatic carbocycles. The van der Waals surface area contributed by atoms with Crippen LogP contribution >= 0.6 is 46.4 Å². The minimum atomic E-state index is -0.786. The van der Waals surface area contributed by atoms with Gasteiger partial charge in [-0.15, -0.1) is 23.2 Å². The summed E-state index contributed by atoms with van der Waals surface area (Å²) in [4.78, 5) is 22.0. The molecule has 8 atom stereocenters. The second kappa shape index (κ2) is 27.3. The number of aliphatic hydroxyl groups is 4. The van der Waals surface area contributed by atoms with Gasteiger partial charge in [0.2, 0.25) is 0 Å². The van der Waals surface area contributed by atoms with Crippen LogP contribution in [0.4, 0.5) is 0 Å². The Kier molecular flexibility index (Phi) is 24.3. The van der Waals surface area contributed by atoms with Crippen LogP contribution in [0, 0.1) is 23.7 Å². The van der Waals surface area contributed by atoms with E-state index in [0.29, 0.717) is 84.4 Å². The molecule has 2 aliphatic carbocycles. The zero-order chi connectivity index (χ0) is 41.9. The second-order valence-corrected chi connectivity index (χ2v) is 16.9. The second-order valence-electron chi connectivity index (χ2n) is 15.0. The highest BCUT2D eigenvalue weighted by molar-refractivity contribution is 6.31. The molecule has 14 heteroatoms. The van der Waals surface area contributed by atoms with Gasteiger partial charge in [-0.3, -0.25) is 9.59 Å². The van der Waals surface area contributed by atoms with E-state index < -0.39 is 18.2 Å². The first kappa shape index (κ1) is 51.6. The van der Waals surface area contributed by atoms with E-state index in [1.807, 2.05) is 26.0 Å². The number of hydrogen-bond donors (Lipinski definition) is 5. The lowest BCUT2D eigenvalue weighted by Gasteiger charge is -2.23. The molecule has 0 bridgehead atoms. The molecule has 4 rings (SSSR count). The summed E-state index contributed by atoms with van der Waals surface area (Å²) in [5.41, 5.74) is 1.34. The number of benzene rings is 2. The molecular weight excluding hydrogens is 830 g/mol. The van der Waals surface area contributed by atoms with Crippen LogP contribution in [0.5, 0.6) is 11.5 Å². The van der Waals surface area contributed by atoms with E-state index in [-0.39, 0.29) is 73.6 Å². The molecule has 0 spiro atoms. The number of halogens is 4. The summed E-state index contributed by atoms with van der Waals surface area (Å²) >= 11 is 25.0. The third-order valence-electron chi connectivity index (χ3n) is 10.1. The maximum atomic E-state index is 11.5. The molecule has 2 aromatic rings. The lowest BCUT2D eigenvalue weighted by atomic mass is 9.92. The Balaban J connectivity index is 0.000000395. The van der Waals surface area contributed by atoms with Gasteiger partial charge < -0.3 is 39.7 Å². The predicted octanol–water partition coefficient (Wildman–Crippen LogP) is 9.54. The smallest absolute Gasteiger partial charge is 0.306 e. The third-order valence-corrected chi connectivity index (χ3v) is 11.5. The first-order chi connectivity index (χ1) is 27.2. The van der Waals surface area contributed by atoms with E-state index >= 15 is 0 Å². The van der Waals surface area contributed by atoms with Crippen molar-refractivity contribution in [2.45, 2.75) is 128 Å². The number of esters is 1. The van der Waals surface area contributed by atoms with Gasteiger partial charge in [0.1, 0.15) is 11.5 Å². The van der Waals surface area contributed by atoms with Crippen LogP contribution in [0.3, 0.4) is 0 Å². The molecule has 0 unspecified atom stereocenters. The highest BCUT2D eigenvalue weighted by Gasteiger charge is 2.42. The zero-order valence-corrected chi connectivity index (χ0v) is 35.7. The fourth-order valence-electron chi connectivity index (χ4n) is 7.16. The number of allylic oxidation sites excluding steroid dienone is 4. The van der Waals surface area contributed by atoms with Crippen molar-refractivity contribution in [2.75, 3.05) is 13.2 Å². The van der Waals surface area contributed by atoms with Gasteiger partial charge in [0.25, 0.3) is 0 Å². The molecular formula is C44H62Cl4O10. The molecule has 326 valence electrons. The van der Waals surface area contributed by atoms with Crippen molar-refractivity contribution in [1.29, 1.82) is 0 Å². The summed E-state index contributed by atoms with van der Waals surface area (Å²) in [6.45, 7) is 4.09. The van der Waals surface area contributed by atoms with Crippen LogP contribution in [0.1, 0.15) is 96.6 Å². The van der Waals surface area contributed by atoms with Crippen molar-refractivity contribution in [3.05, 3.63) is 81.9 Å². The van der Waals surface area contributed by atoms with Crippen LogP contribution in [0.15, 0.2) is 60.7 Å². The SMILES string of the molecule is C.CC(C)OC(=O)CCC/C=C\C[C@@H]1[C@@H](COc2cc(Cl)cc(CO)c2)[C@H](O)C[C@H]1Cl.O=C(O)CCC/C=C\C[C@@H]1[C@@H](COc2cc(Cl)cc(CO)c2)[C@H](O)C[C@H]1Cl. The summed E-state index contributed by atoms with van der Waals surface area (Å²) in [7, 11) is 0. The molecule has 2 saturated carbocycles. The van der Waals surface area contributed by atoms with Gasteiger partial charge in [0.05, 0.1) is 44.7 Å². The highest BCUT2D eigenvalue weighted by atomic mass is 35.5. The van der Waals surface area contributed by atoms with E-state index in [9.17, 15) is 30.0 Å². The summed E-state index contributed by atoms with van der Waals surface area (Å²) in [6, 6.07) is 10.2. The van der Waals surface area contributed by atoms with Crippen molar-refractivity contribution in [3.8, 4) is 11.5 Å². The van der Waals surface area contributed by atoms with E-state index in [1.54, 1.807) is 36.4 Å². The predicted molar refractivity (Wildman–Crippen MR) is 231 cm³/mol. The average Bonchev–Trinajstić information content (AvgIpc) is 3.58. The lowest BCUT2D eigenvalue weighted by molar-refractivity contribution is -0.147. The largest absolute Gasteiger partial charge is 0.493 e. The maximum Gasteiger partial charge on any atom is 0.306 e. The molecule has 10 nitrogen and oxygen atoms in total. The fraction of sp³-hybridized carbons (Fsp3) is 0.591. The number of hydrogen-bond acceptors (Lipinski definition) is 9. The van der Waals surface area contributed by atoms with E-state index in [0.717, 1.165) is 19.3 Å². The normalized spacial score (nSPS) is 24.1. The van der Waals surface area contributed by atoms with Crippen LogP contribution in [-0.4, -0.2) is 79.8 Å². The first-order valence-corrected chi connectivity index (χ1v) is 21.2. The molecule has 58 heavy (non-hydrogen) atoms. The number of carboxylic acid groups (broad SMARTS) is 1. The highest BCUT2D eigenvalue weighted by Crippen LogP contribution is 2.40. The molecule has 0 aliphatic heterocycles. The quantitative estimate of drug-likeness (QED) is 0.0353. The van der Waals surface area contributed by atoms with Gasteiger partial charge in [-0.1, -0.05) is 54.9 Å². The van der Waals surface area contributed by atoms with Crippen LogP contribution in [0.2, 0.25) is 10.0 Å². The molecule has 0 amide bonds. The molecule has 2 aliphatic rings. The molecule has 0 saturated heterocycles. The van der Waals surface area contributed by atoms with E-state index in [2.05, 4.69) is 12.2 Å². The van der Waals surface area contributed by atoms with Gasteiger partial charge in [0.15, 0.2) is 0 Å². The third kappa shape index (κ3) is 18.4. The topological polar surface area (TPSA) is 163 Å². The van der Waals surface area contributed by atoms with Crippen molar-refractivity contribution >= 4 is 58.3 Å². The zero-order valence-electron chi connectivity index (χ0n) is 32.7. The van der Waals surface area contributed by atoms with Gasteiger partial charge in [0, 0.05) is 45.5 Å². The molecule has 0 radical (unpaired) electrons. The molecule has 5 N–H and O–H groups in total. The monoisotopic (exact) mass is 890 g/mol. The number of carbonyl (C=O) groups is 2. The summed E-state index contributed by atoms with van der Waals surface area (Å²) in [5, 5.41) is 48.7. The average molecular weight is 893 g/mol. The maximum absolute atomic E-state index is 11.5. The van der Waals surface area contributed by atoms with Crippen molar-refractivity contribution in [3.63, 3.8) is 0 Å². The Labute approximate surface area is 364 Å².